The molecule has 4 nitrogen and oxygen atoms in total. The van der Waals surface area contributed by atoms with Crippen LogP contribution in [0.2, 0.25) is 0 Å². The van der Waals surface area contributed by atoms with Crippen LogP contribution in [0, 0.1) is 13.8 Å². The molecule has 0 radical (unpaired) electrons. The SMILES string of the molecule is Cc1ccc(C)n1NC(=O)CSC1CCNCC1. The lowest BCUT2D eigenvalue weighted by atomic mass is 10.2. The highest BCUT2D eigenvalue weighted by atomic mass is 32.2. The fourth-order valence-corrected chi connectivity index (χ4v) is 3.18. The second kappa shape index (κ2) is 6.29. The zero-order valence-corrected chi connectivity index (χ0v) is 11.8. The van der Waals surface area contributed by atoms with E-state index in [1.165, 1.54) is 12.8 Å². The van der Waals surface area contributed by atoms with E-state index in [2.05, 4.69) is 10.7 Å². The normalized spacial score (nSPS) is 16.8. The van der Waals surface area contributed by atoms with Crippen LogP contribution in [0.1, 0.15) is 24.2 Å². The predicted molar refractivity (Wildman–Crippen MR) is 76.6 cm³/mol. The first-order valence-corrected chi connectivity index (χ1v) is 7.49. The number of nitrogens with one attached hydrogen (secondary N) is 2. The van der Waals surface area contributed by atoms with Gasteiger partial charge in [-0.25, -0.2) is 0 Å². The first-order valence-electron chi connectivity index (χ1n) is 6.44. The highest BCUT2D eigenvalue weighted by molar-refractivity contribution is 8.00. The summed E-state index contributed by atoms with van der Waals surface area (Å²) in [6.07, 6.45) is 2.33. The smallest absolute Gasteiger partial charge is 0.248 e. The van der Waals surface area contributed by atoms with Gasteiger partial charge in [0.25, 0.3) is 0 Å². The van der Waals surface area contributed by atoms with Crippen molar-refractivity contribution in [3.8, 4) is 0 Å². The van der Waals surface area contributed by atoms with Crippen molar-refractivity contribution >= 4 is 17.7 Å². The van der Waals surface area contributed by atoms with Gasteiger partial charge in [-0.1, -0.05) is 0 Å². The van der Waals surface area contributed by atoms with E-state index in [0.717, 1.165) is 24.5 Å². The second-order valence-electron chi connectivity index (χ2n) is 4.75. The monoisotopic (exact) mass is 267 g/mol. The van der Waals surface area contributed by atoms with E-state index >= 15 is 0 Å². The lowest BCUT2D eigenvalue weighted by molar-refractivity contribution is -0.114. The topological polar surface area (TPSA) is 46.1 Å². The molecular weight excluding hydrogens is 246 g/mol. The van der Waals surface area contributed by atoms with Crippen LogP contribution in [0.4, 0.5) is 0 Å². The molecular formula is C13H21N3OS. The van der Waals surface area contributed by atoms with Gasteiger partial charge in [0.15, 0.2) is 0 Å². The van der Waals surface area contributed by atoms with E-state index in [0.29, 0.717) is 11.0 Å². The molecule has 1 saturated heterocycles. The average molecular weight is 267 g/mol. The maximum absolute atomic E-state index is 11.9. The van der Waals surface area contributed by atoms with Crippen LogP contribution in [0.5, 0.6) is 0 Å². The number of hydrogen-bond donors (Lipinski definition) is 2. The number of aryl methyl sites for hydroxylation is 2. The van der Waals surface area contributed by atoms with Gasteiger partial charge in [0.2, 0.25) is 5.91 Å². The fraction of sp³-hybridized carbons (Fsp3) is 0.615. The fourth-order valence-electron chi connectivity index (χ4n) is 2.16. The standard InChI is InChI=1S/C13H21N3OS/c1-10-3-4-11(2)16(10)15-13(17)9-18-12-5-7-14-8-6-12/h3-4,12,14H,5-9H2,1-2H3,(H,15,17). The van der Waals surface area contributed by atoms with E-state index in [9.17, 15) is 4.79 Å². The molecule has 1 aliphatic rings. The van der Waals surface area contributed by atoms with Gasteiger partial charge in [0, 0.05) is 16.6 Å². The van der Waals surface area contributed by atoms with Crippen LogP contribution in [-0.4, -0.2) is 34.7 Å². The van der Waals surface area contributed by atoms with E-state index < -0.39 is 0 Å². The third-order valence-corrected chi connectivity index (χ3v) is 4.62. The Labute approximate surface area is 112 Å². The zero-order valence-electron chi connectivity index (χ0n) is 11.0. The van der Waals surface area contributed by atoms with E-state index in [1.807, 2.05) is 30.7 Å². The summed E-state index contributed by atoms with van der Waals surface area (Å²) < 4.78 is 1.85. The highest BCUT2D eigenvalue weighted by Gasteiger charge is 2.15. The summed E-state index contributed by atoms with van der Waals surface area (Å²) in [5, 5.41) is 3.96. The molecule has 100 valence electrons. The molecule has 1 fully saturated rings. The Morgan fingerprint density at radius 3 is 2.61 bits per heavy atom. The minimum atomic E-state index is 0.0842. The van der Waals surface area contributed by atoms with Crippen molar-refractivity contribution in [3.05, 3.63) is 23.5 Å². The van der Waals surface area contributed by atoms with Crippen molar-refractivity contribution in [2.24, 2.45) is 0 Å². The molecule has 1 aliphatic heterocycles. The van der Waals surface area contributed by atoms with Gasteiger partial charge >= 0.3 is 0 Å². The van der Waals surface area contributed by atoms with Crippen molar-refractivity contribution in [1.29, 1.82) is 0 Å². The molecule has 1 aromatic rings. The Morgan fingerprint density at radius 1 is 1.39 bits per heavy atom. The van der Waals surface area contributed by atoms with E-state index in [-0.39, 0.29) is 5.91 Å². The number of amides is 1. The number of nitrogens with zero attached hydrogens (tertiary/aromatic N) is 1. The summed E-state index contributed by atoms with van der Waals surface area (Å²) >= 11 is 1.77. The van der Waals surface area contributed by atoms with Gasteiger partial charge in [0.05, 0.1) is 5.75 Å². The number of thioether (sulfide) groups is 1. The van der Waals surface area contributed by atoms with Gasteiger partial charge in [-0.2, -0.15) is 0 Å². The van der Waals surface area contributed by atoms with Crippen molar-refractivity contribution < 1.29 is 4.79 Å². The van der Waals surface area contributed by atoms with Crippen molar-refractivity contribution in [2.45, 2.75) is 31.9 Å². The summed E-state index contributed by atoms with van der Waals surface area (Å²) in [6.45, 7) is 6.14. The van der Waals surface area contributed by atoms with Gasteiger partial charge in [-0.3, -0.25) is 14.9 Å². The largest absolute Gasteiger partial charge is 0.317 e. The summed E-state index contributed by atoms with van der Waals surface area (Å²) in [4.78, 5) is 11.9. The highest BCUT2D eigenvalue weighted by Crippen LogP contribution is 2.19. The lowest BCUT2D eigenvalue weighted by Crippen LogP contribution is -2.31. The number of carbonyl (C=O) groups is 1. The van der Waals surface area contributed by atoms with Crippen molar-refractivity contribution in [2.75, 3.05) is 24.3 Å². The molecule has 0 aliphatic carbocycles. The number of aromatic nitrogens is 1. The van der Waals surface area contributed by atoms with Crippen LogP contribution in [-0.2, 0) is 4.79 Å². The molecule has 1 amide bonds. The minimum Gasteiger partial charge on any atom is -0.317 e. The third kappa shape index (κ3) is 3.53. The predicted octanol–water partition coefficient (Wildman–Crippen LogP) is 1.66. The second-order valence-corrected chi connectivity index (χ2v) is 6.04. The van der Waals surface area contributed by atoms with Crippen LogP contribution in [0.3, 0.4) is 0 Å². The molecule has 18 heavy (non-hydrogen) atoms. The minimum absolute atomic E-state index is 0.0842. The Morgan fingerprint density at radius 2 is 2.00 bits per heavy atom. The molecule has 0 aromatic carbocycles. The molecule has 2 heterocycles. The lowest BCUT2D eigenvalue weighted by Gasteiger charge is -2.22. The van der Waals surface area contributed by atoms with Crippen molar-refractivity contribution in [3.63, 3.8) is 0 Å². The quantitative estimate of drug-likeness (QED) is 0.872. The molecule has 0 bridgehead atoms. The maximum Gasteiger partial charge on any atom is 0.248 e. The molecule has 0 spiro atoms. The molecule has 1 aromatic heterocycles. The summed E-state index contributed by atoms with van der Waals surface area (Å²) in [6, 6.07) is 4.02. The summed E-state index contributed by atoms with van der Waals surface area (Å²) in [5.74, 6) is 0.628. The first kappa shape index (κ1) is 13.5. The van der Waals surface area contributed by atoms with Crippen LogP contribution in [0.15, 0.2) is 12.1 Å². The van der Waals surface area contributed by atoms with Gasteiger partial charge in [0.1, 0.15) is 0 Å². The number of rotatable bonds is 4. The first-order chi connectivity index (χ1) is 8.66. The number of hydrogen-bond acceptors (Lipinski definition) is 3. The van der Waals surface area contributed by atoms with Crippen LogP contribution in [0.25, 0.3) is 0 Å². The Hall–Kier alpha value is -0.940. The molecule has 2 rings (SSSR count). The molecule has 5 heteroatoms. The molecule has 2 N–H and O–H groups in total. The van der Waals surface area contributed by atoms with Gasteiger partial charge in [-0.15, -0.1) is 11.8 Å². The van der Waals surface area contributed by atoms with Gasteiger partial charge < -0.3 is 5.32 Å². The van der Waals surface area contributed by atoms with Crippen LogP contribution >= 0.6 is 11.8 Å². The van der Waals surface area contributed by atoms with Crippen molar-refractivity contribution in [1.82, 2.24) is 9.99 Å². The number of piperidine rings is 1. The average Bonchev–Trinajstić information content (AvgIpc) is 2.69. The molecule has 0 saturated carbocycles. The summed E-state index contributed by atoms with van der Waals surface area (Å²) in [5.41, 5.74) is 5.06. The number of carbonyl (C=O) groups excluding carboxylic acids is 1. The Balaban J connectivity index is 1.78. The van der Waals surface area contributed by atoms with Gasteiger partial charge in [-0.05, 0) is 51.9 Å². The third-order valence-electron chi connectivity index (χ3n) is 3.24. The van der Waals surface area contributed by atoms with E-state index in [1.54, 1.807) is 11.8 Å². The zero-order chi connectivity index (χ0) is 13.0. The van der Waals surface area contributed by atoms with E-state index in [4.69, 9.17) is 0 Å². The van der Waals surface area contributed by atoms with Crippen LogP contribution < -0.4 is 10.7 Å². The molecule has 0 unspecified atom stereocenters. The maximum atomic E-state index is 11.9. The Kier molecular flexibility index (Phi) is 4.72. The summed E-state index contributed by atoms with van der Waals surface area (Å²) in [7, 11) is 0. The Bertz CT molecular complexity index is 391. The molecule has 0 atom stereocenters.